The Morgan fingerprint density at radius 3 is 1.50 bits per heavy atom. The van der Waals surface area contributed by atoms with Crippen LogP contribution in [-0.2, 0) is 4.65 Å². The summed E-state index contributed by atoms with van der Waals surface area (Å²) in [5, 5.41) is 0. The summed E-state index contributed by atoms with van der Waals surface area (Å²) in [7, 11) is -4.38. The molecule has 0 aromatic rings. The first kappa shape index (κ1) is 5.81. The van der Waals surface area contributed by atoms with Crippen molar-refractivity contribution in [1.82, 2.24) is 0 Å². The second-order valence-corrected chi connectivity index (χ2v) is 0.750. The highest BCUT2D eigenvalue weighted by atomic mass is 19.4. The van der Waals surface area contributed by atoms with Crippen LogP contribution in [0.25, 0.3) is 0 Å². The van der Waals surface area contributed by atoms with E-state index in [-0.39, 0.29) is 0 Å². The first-order valence-corrected chi connectivity index (χ1v) is 1.30. The molecule has 0 N–H and O–H groups in total. The minimum absolute atomic E-state index is 0.611. The van der Waals surface area contributed by atoms with Gasteiger partial charge in [-0.2, -0.15) is 0 Å². The van der Waals surface area contributed by atoms with E-state index in [1.165, 1.54) is 0 Å². The van der Waals surface area contributed by atoms with Gasteiger partial charge in [-0.05, 0) is 7.11 Å². The Labute approximate surface area is 33.2 Å². The predicted octanol–water partition coefficient (Wildman–Crippen LogP) is 0.977. The molecule has 0 spiro atoms. The van der Waals surface area contributed by atoms with Crippen LogP contribution in [0.5, 0.6) is 0 Å². The third kappa shape index (κ3) is 3.81. The molecule has 0 aliphatic rings. The van der Waals surface area contributed by atoms with E-state index in [4.69, 9.17) is 0 Å². The van der Waals surface area contributed by atoms with Gasteiger partial charge in [0.2, 0.25) is 0 Å². The van der Waals surface area contributed by atoms with Gasteiger partial charge in [0.1, 0.15) is 0 Å². The zero-order valence-electron chi connectivity index (χ0n) is 3.12. The lowest BCUT2D eigenvalue weighted by Crippen LogP contribution is -2.17. The third-order valence-electron chi connectivity index (χ3n) is 0.267. The summed E-state index contributed by atoms with van der Waals surface area (Å²) in [5.41, 5.74) is 0. The molecule has 0 fully saturated rings. The van der Waals surface area contributed by atoms with E-state index in [0.29, 0.717) is 7.11 Å². The highest BCUT2D eigenvalue weighted by molar-refractivity contribution is 6.50. The number of hydrogen-bond donors (Lipinski definition) is 0. The monoisotopic (exact) mass is 99.0 g/mol. The smallest absolute Gasteiger partial charge is 0.510 e. The van der Waals surface area contributed by atoms with Crippen LogP contribution < -0.4 is 0 Å². The van der Waals surface area contributed by atoms with Crippen LogP contribution in [0.2, 0.25) is 0 Å². The lowest BCUT2D eigenvalue weighted by molar-refractivity contribution is 0.225. The average molecular weight is 98.8 g/mol. The van der Waals surface area contributed by atoms with E-state index >= 15 is 0 Å². The lowest BCUT2D eigenvalue weighted by atomic mass is 10.3. The van der Waals surface area contributed by atoms with Crippen molar-refractivity contribution in [3.8, 4) is 0 Å². The molecule has 0 atom stereocenters. The molecule has 0 aromatic heterocycles. The number of halogens is 3. The van der Waals surface area contributed by atoms with Gasteiger partial charge < -0.3 is 17.6 Å². The Kier molecular flexibility index (Phi) is 1.46. The molecule has 0 bridgehead atoms. The molecule has 6 heavy (non-hydrogen) atoms. The Bertz CT molecular complexity index is 40.5. The van der Waals surface area contributed by atoms with E-state index in [2.05, 4.69) is 4.65 Å². The fourth-order valence-electron chi connectivity index (χ4n) is 0. The predicted molar refractivity (Wildman–Crippen MR) is 16.1 cm³/mol. The van der Waals surface area contributed by atoms with Crippen LogP contribution in [0.3, 0.4) is 0 Å². The molecule has 0 saturated carbocycles. The van der Waals surface area contributed by atoms with Crippen LogP contribution in [-0.4, -0.2) is 14.3 Å². The fraction of sp³-hybridized carbons (Fsp3) is 1.00. The van der Waals surface area contributed by atoms with Crippen molar-refractivity contribution >= 4 is 7.18 Å². The van der Waals surface area contributed by atoms with Crippen molar-refractivity contribution in [2.24, 2.45) is 0 Å². The second kappa shape index (κ2) is 1.51. The van der Waals surface area contributed by atoms with Crippen LogP contribution in [0.4, 0.5) is 12.9 Å². The van der Waals surface area contributed by atoms with Crippen LogP contribution in [0.15, 0.2) is 0 Å². The molecule has 0 aliphatic carbocycles. The summed E-state index contributed by atoms with van der Waals surface area (Å²) >= 11 is 0. The van der Waals surface area contributed by atoms with Gasteiger partial charge in [-0.25, -0.2) is 0 Å². The van der Waals surface area contributed by atoms with Crippen molar-refractivity contribution in [2.75, 3.05) is 7.11 Å². The first-order chi connectivity index (χ1) is 2.56. The van der Waals surface area contributed by atoms with Gasteiger partial charge in [-0.3, -0.25) is 0 Å². The van der Waals surface area contributed by atoms with Gasteiger partial charge in [-0.15, -0.1) is 0 Å². The number of hydrogen-bond acceptors (Lipinski definition) is 1. The molecule has 0 heterocycles. The van der Waals surface area contributed by atoms with Gasteiger partial charge in [0.05, 0.1) is 0 Å². The first-order valence-electron chi connectivity index (χ1n) is 1.30. The Morgan fingerprint density at radius 1 is 1.33 bits per heavy atom. The maximum Gasteiger partial charge on any atom is 0.637 e. The topological polar surface area (TPSA) is 9.23 Å². The molecule has 38 valence electrons. The third-order valence-corrected chi connectivity index (χ3v) is 0.267. The minimum atomic E-state index is -4.99. The zero-order chi connectivity index (χ0) is 5.21. The SMILES string of the molecule is CO[B-](F)(F)F. The van der Waals surface area contributed by atoms with E-state index in [9.17, 15) is 12.9 Å². The van der Waals surface area contributed by atoms with Crippen LogP contribution in [0.1, 0.15) is 0 Å². The summed E-state index contributed by atoms with van der Waals surface area (Å²) < 4.78 is 34.9. The van der Waals surface area contributed by atoms with Crippen LogP contribution in [0, 0.1) is 0 Å². The van der Waals surface area contributed by atoms with Crippen molar-refractivity contribution in [2.45, 2.75) is 0 Å². The quantitative estimate of drug-likeness (QED) is 0.445. The summed E-state index contributed by atoms with van der Waals surface area (Å²) in [6.07, 6.45) is 0. The van der Waals surface area contributed by atoms with Gasteiger partial charge in [0, 0.05) is 0 Å². The van der Waals surface area contributed by atoms with Gasteiger partial charge in [-0.1, -0.05) is 0 Å². The Hall–Kier alpha value is -0.185. The van der Waals surface area contributed by atoms with E-state index in [1.54, 1.807) is 0 Å². The molecule has 0 rings (SSSR count). The average Bonchev–Trinajstić information content (AvgIpc) is 1.35. The standard InChI is InChI=1S/CH3BF3O/c1-6-2(3,4)5/h1H3/q-1. The number of rotatable bonds is 1. The largest absolute Gasteiger partial charge is 0.637 e. The molecule has 0 unspecified atom stereocenters. The maximum absolute atomic E-state index is 10.6. The van der Waals surface area contributed by atoms with E-state index in [1.807, 2.05) is 0 Å². The van der Waals surface area contributed by atoms with Gasteiger partial charge in [0.25, 0.3) is 0 Å². The summed E-state index contributed by atoms with van der Waals surface area (Å²) in [6, 6.07) is 0. The van der Waals surface area contributed by atoms with Crippen molar-refractivity contribution in [3.05, 3.63) is 0 Å². The molecule has 5 heteroatoms. The second-order valence-electron chi connectivity index (χ2n) is 0.750. The highest BCUT2D eigenvalue weighted by Gasteiger charge is 2.22. The maximum atomic E-state index is 10.6. The van der Waals surface area contributed by atoms with Crippen molar-refractivity contribution in [1.29, 1.82) is 0 Å². The molecule has 1 nitrogen and oxygen atoms in total. The molecule has 0 aliphatic heterocycles. The molecule has 0 amide bonds. The summed E-state index contributed by atoms with van der Waals surface area (Å²) in [6.45, 7) is 0. The van der Waals surface area contributed by atoms with Gasteiger partial charge in [0.15, 0.2) is 0 Å². The van der Waals surface area contributed by atoms with Crippen molar-refractivity contribution < 1.29 is 17.6 Å². The molecule has 0 saturated heterocycles. The van der Waals surface area contributed by atoms with Crippen LogP contribution >= 0.6 is 0 Å². The Morgan fingerprint density at radius 2 is 1.50 bits per heavy atom. The van der Waals surface area contributed by atoms with Crippen molar-refractivity contribution in [3.63, 3.8) is 0 Å². The Balaban J connectivity index is 3.17. The lowest BCUT2D eigenvalue weighted by Gasteiger charge is -2.08. The summed E-state index contributed by atoms with van der Waals surface area (Å²) in [4.78, 5) is 0. The highest BCUT2D eigenvalue weighted by Crippen LogP contribution is 2.06. The minimum Gasteiger partial charge on any atom is -0.510 e. The molecular weight excluding hydrogens is 95.8 g/mol. The molecule has 0 radical (unpaired) electrons. The van der Waals surface area contributed by atoms with E-state index < -0.39 is 7.18 Å². The summed E-state index contributed by atoms with van der Waals surface area (Å²) in [5.74, 6) is 0. The molecular formula is CH3BF3O-. The zero-order valence-corrected chi connectivity index (χ0v) is 3.12. The molecule has 0 aromatic carbocycles. The van der Waals surface area contributed by atoms with Gasteiger partial charge >= 0.3 is 7.18 Å². The normalized spacial score (nSPS) is 12.0. The van der Waals surface area contributed by atoms with E-state index in [0.717, 1.165) is 0 Å². The fourth-order valence-corrected chi connectivity index (χ4v) is 0.